The Morgan fingerprint density at radius 2 is 2.11 bits per heavy atom. The maximum atomic E-state index is 11.0. The van der Waals surface area contributed by atoms with Crippen molar-refractivity contribution in [1.29, 1.82) is 0 Å². The van der Waals surface area contributed by atoms with Crippen molar-refractivity contribution in [3.05, 3.63) is 21.7 Å². The number of nitrogens with two attached hydrogens (primary N) is 1. The number of nitrogens with zero attached hydrogens (tertiary/aromatic N) is 5. The molecule has 0 aliphatic carbocycles. The van der Waals surface area contributed by atoms with E-state index in [-0.39, 0.29) is 27.6 Å². The van der Waals surface area contributed by atoms with E-state index >= 15 is 0 Å². The minimum atomic E-state index is -0.568. The third kappa shape index (κ3) is 2.77. The topological polar surface area (TPSA) is 146 Å². The largest absolute Gasteiger partial charge is 0.416 e. The summed E-state index contributed by atoms with van der Waals surface area (Å²) >= 11 is 0.878. The molecule has 11 heteroatoms. The van der Waals surface area contributed by atoms with Crippen molar-refractivity contribution in [1.82, 2.24) is 20.2 Å². The van der Waals surface area contributed by atoms with Crippen LogP contribution in [-0.4, -0.2) is 25.1 Å². The molecular formula is C8H9N7O3S. The van der Waals surface area contributed by atoms with Crippen molar-refractivity contribution in [2.45, 2.75) is 24.1 Å². The molecule has 100 valence electrons. The van der Waals surface area contributed by atoms with Gasteiger partial charge in [0.05, 0.1) is 4.92 Å². The van der Waals surface area contributed by atoms with Gasteiger partial charge in [-0.3, -0.25) is 15.5 Å². The van der Waals surface area contributed by atoms with E-state index in [9.17, 15) is 10.1 Å². The SMILES string of the molecule is Cc1nnc(Sc2nc(NN)nc(C)c2[N+](=O)[O-])o1. The van der Waals surface area contributed by atoms with Gasteiger partial charge in [0.15, 0.2) is 5.03 Å². The number of aromatic nitrogens is 4. The number of aryl methyl sites for hydroxylation is 2. The third-order valence-electron chi connectivity index (χ3n) is 2.03. The molecule has 0 atom stereocenters. The Hall–Kier alpha value is -2.27. The molecule has 3 N–H and O–H groups in total. The predicted octanol–water partition coefficient (Wildman–Crippen LogP) is 0.821. The van der Waals surface area contributed by atoms with Crippen LogP contribution >= 0.6 is 11.8 Å². The van der Waals surface area contributed by atoms with Crippen LogP contribution in [0.25, 0.3) is 0 Å². The normalized spacial score (nSPS) is 10.5. The van der Waals surface area contributed by atoms with E-state index in [1.807, 2.05) is 0 Å². The number of anilines is 1. The van der Waals surface area contributed by atoms with Crippen LogP contribution in [0.3, 0.4) is 0 Å². The van der Waals surface area contributed by atoms with Crippen LogP contribution in [0, 0.1) is 24.0 Å². The van der Waals surface area contributed by atoms with Gasteiger partial charge >= 0.3 is 5.69 Å². The molecule has 10 nitrogen and oxygen atoms in total. The number of hydrazine groups is 1. The second kappa shape index (κ2) is 5.16. The number of rotatable bonds is 4. The van der Waals surface area contributed by atoms with E-state index in [0.717, 1.165) is 11.8 Å². The van der Waals surface area contributed by atoms with Gasteiger partial charge in [-0.15, -0.1) is 10.2 Å². The van der Waals surface area contributed by atoms with E-state index in [0.29, 0.717) is 5.89 Å². The first-order valence-corrected chi connectivity index (χ1v) is 5.80. The number of hydrogen-bond donors (Lipinski definition) is 2. The lowest BCUT2D eigenvalue weighted by molar-refractivity contribution is -0.389. The van der Waals surface area contributed by atoms with Crippen LogP contribution in [0.5, 0.6) is 0 Å². The first-order valence-electron chi connectivity index (χ1n) is 4.99. The fourth-order valence-corrected chi connectivity index (χ4v) is 2.15. The average molecular weight is 283 g/mol. The minimum absolute atomic E-state index is 0.0711. The number of nitro groups is 1. The van der Waals surface area contributed by atoms with Crippen LogP contribution in [0.2, 0.25) is 0 Å². The number of nitrogens with one attached hydrogen (secondary N) is 1. The molecule has 0 aromatic carbocycles. The van der Waals surface area contributed by atoms with Crippen molar-refractivity contribution in [2.75, 3.05) is 5.43 Å². The summed E-state index contributed by atoms with van der Waals surface area (Å²) in [5, 5.41) is 18.6. The molecule has 0 amide bonds. The molecule has 0 aliphatic heterocycles. The molecule has 0 radical (unpaired) electrons. The van der Waals surface area contributed by atoms with Gasteiger partial charge in [-0.25, -0.2) is 10.8 Å². The third-order valence-corrected chi connectivity index (χ3v) is 2.85. The summed E-state index contributed by atoms with van der Waals surface area (Å²) in [6.45, 7) is 3.10. The highest BCUT2D eigenvalue weighted by Crippen LogP contribution is 2.34. The Bertz CT molecular complexity index is 629. The summed E-state index contributed by atoms with van der Waals surface area (Å²) in [6, 6.07) is 0. The predicted molar refractivity (Wildman–Crippen MR) is 64.4 cm³/mol. The Morgan fingerprint density at radius 3 is 2.63 bits per heavy atom. The molecule has 0 saturated heterocycles. The lowest BCUT2D eigenvalue weighted by Gasteiger charge is -2.04. The standard InChI is InChI=1S/C8H9N7O3S/c1-3-5(15(16)17)6(11-7(10-3)12-9)19-8-14-13-4(2)18-8/h9H2,1-2H3,(H,10,11,12). The van der Waals surface area contributed by atoms with Crippen LogP contribution in [0.4, 0.5) is 11.6 Å². The molecule has 2 aromatic rings. The summed E-state index contributed by atoms with van der Waals surface area (Å²) in [7, 11) is 0. The summed E-state index contributed by atoms with van der Waals surface area (Å²) in [6.07, 6.45) is 0. The minimum Gasteiger partial charge on any atom is -0.416 e. The van der Waals surface area contributed by atoms with Crippen LogP contribution in [0.15, 0.2) is 14.7 Å². The fraction of sp³-hybridized carbons (Fsp3) is 0.250. The van der Waals surface area contributed by atoms with Gasteiger partial charge in [0.2, 0.25) is 11.8 Å². The van der Waals surface area contributed by atoms with Gasteiger partial charge in [0.25, 0.3) is 5.22 Å². The second-order valence-electron chi connectivity index (χ2n) is 3.38. The quantitative estimate of drug-likeness (QED) is 0.357. The van der Waals surface area contributed by atoms with Gasteiger partial charge in [0, 0.05) is 6.92 Å². The lowest BCUT2D eigenvalue weighted by atomic mass is 10.4. The Morgan fingerprint density at radius 1 is 1.37 bits per heavy atom. The summed E-state index contributed by atoms with van der Waals surface area (Å²) in [5.41, 5.74) is 2.20. The fourth-order valence-electron chi connectivity index (χ4n) is 1.29. The van der Waals surface area contributed by atoms with Crippen LogP contribution in [0.1, 0.15) is 11.6 Å². The van der Waals surface area contributed by atoms with Crippen molar-refractivity contribution < 1.29 is 9.34 Å². The number of nitrogen functional groups attached to an aromatic ring is 1. The zero-order valence-electron chi connectivity index (χ0n) is 9.95. The Kier molecular flexibility index (Phi) is 3.57. The van der Waals surface area contributed by atoms with Crippen LogP contribution in [-0.2, 0) is 0 Å². The Balaban J connectivity index is 2.47. The van der Waals surface area contributed by atoms with Gasteiger partial charge in [-0.1, -0.05) is 0 Å². The molecule has 0 bridgehead atoms. The molecule has 2 aromatic heterocycles. The van der Waals surface area contributed by atoms with Crippen molar-refractivity contribution in [3.63, 3.8) is 0 Å². The lowest BCUT2D eigenvalue weighted by Crippen LogP contribution is -2.12. The van der Waals surface area contributed by atoms with Gasteiger partial charge < -0.3 is 4.42 Å². The van der Waals surface area contributed by atoms with Crippen LogP contribution < -0.4 is 11.3 Å². The number of hydrogen-bond acceptors (Lipinski definition) is 10. The molecule has 19 heavy (non-hydrogen) atoms. The van der Waals surface area contributed by atoms with E-state index < -0.39 is 4.92 Å². The van der Waals surface area contributed by atoms with Crippen molar-refractivity contribution >= 4 is 23.4 Å². The van der Waals surface area contributed by atoms with Crippen molar-refractivity contribution in [3.8, 4) is 0 Å². The molecule has 2 rings (SSSR count). The highest BCUT2D eigenvalue weighted by Gasteiger charge is 2.24. The summed E-state index contributed by atoms with van der Waals surface area (Å²) in [4.78, 5) is 18.2. The van der Waals surface area contributed by atoms with Gasteiger partial charge in [0.1, 0.15) is 5.69 Å². The second-order valence-corrected chi connectivity index (χ2v) is 4.32. The molecule has 0 saturated carbocycles. The average Bonchev–Trinajstić information content (AvgIpc) is 2.73. The van der Waals surface area contributed by atoms with Gasteiger partial charge in [-0.05, 0) is 18.7 Å². The molecule has 0 aliphatic rings. The smallest absolute Gasteiger partial charge is 0.323 e. The maximum Gasteiger partial charge on any atom is 0.323 e. The molecule has 0 unspecified atom stereocenters. The highest BCUT2D eigenvalue weighted by molar-refractivity contribution is 7.99. The molecule has 0 spiro atoms. The first kappa shape index (κ1) is 13.2. The van der Waals surface area contributed by atoms with Crippen molar-refractivity contribution in [2.24, 2.45) is 5.84 Å². The van der Waals surface area contributed by atoms with E-state index in [2.05, 4.69) is 25.6 Å². The first-order chi connectivity index (χ1) is 9.01. The molecule has 0 fully saturated rings. The zero-order valence-corrected chi connectivity index (χ0v) is 10.8. The molecule has 2 heterocycles. The Labute approximate surface area is 110 Å². The van der Waals surface area contributed by atoms with E-state index in [4.69, 9.17) is 10.3 Å². The zero-order chi connectivity index (χ0) is 14.0. The maximum absolute atomic E-state index is 11.0. The summed E-state index contributed by atoms with van der Waals surface area (Å²) in [5.74, 6) is 5.63. The van der Waals surface area contributed by atoms with E-state index in [1.54, 1.807) is 6.92 Å². The van der Waals surface area contributed by atoms with Gasteiger partial charge in [-0.2, -0.15) is 4.98 Å². The van der Waals surface area contributed by atoms with E-state index in [1.165, 1.54) is 6.92 Å². The monoisotopic (exact) mass is 283 g/mol. The highest BCUT2D eigenvalue weighted by atomic mass is 32.2. The molecular weight excluding hydrogens is 274 g/mol. The summed E-state index contributed by atoms with van der Waals surface area (Å²) < 4.78 is 5.14.